The Hall–Kier alpha value is -4.25. The van der Waals surface area contributed by atoms with Gasteiger partial charge in [-0.05, 0) is 50.6 Å². The highest BCUT2D eigenvalue weighted by molar-refractivity contribution is 6.11. The van der Waals surface area contributed by atoms with Crippen LogP contribution in [-0.4, -0.2) is 60.1 Å². The third kappa shape index (κ3) is 8.20. The normalized spacial score (nSPS) is 12.9. The third-order valence-electron chi connectivity index (χ3n) is 4.47. The number of hydrogen-bond acceptors (Lipinski definition) is 8. The Morgan fingerprint density at radius 1 is 1.00 bits per heavy atom. The summed E-state index contributed by atoms with van der Waals surface area (Å²) >= 11 is 0. The number of nitrogens with zero attached hydrogens (tertiary/aromatic N) is 1. The van der Waals surface area contributed by atoms with Gasteiger partial charge in [-0.1, -0.05) is 30.3 Å². The Labute approximate surface area is 208 Å². The number of benzene rings is 2. The molecule has 0 fully saturated rings. The predicted octanol–water partition coefficient (Wildman–Crippen LogP) is 2.74. The molecule has 2 aromatic carbocycles. The molecule has 0 saturated carbocycles. The molecule has 1 atom stereocenters. The van der Waals surface area contributed by atoms with Crippen LogP contribution >= 0.6 is 0 Å². The number of amides is 2. The van der Waals surface area contributed by atoms with E-state index >= 15 is 0 Å². The molecule has 0 aliphatic rings. The summed E-state index contributed by atoms with van der Waals surface area (Å²) in [6.07, 6.45) is 0.298. The zero-order valence-electron chi connectivity index (χ0n) is 20.4. The minimum absolute atomic E-state index is 0.0623. The van der Waals surface area contributed by atoms with Crippen LogP contribution in [0.3, 0.4) is 0 Å². The molecule has 2 amide bonds. The molecule has 0 aliphatic heterocycles. The molecule has 0 bridgehead atoms. The summed E-state index contributed by atoms with van der Waals surface area (Å²) < 4.78 is 15.5. The van der Waals surface area contributed by atoms with E-state index < -0.39 is 35.1 Å². The maximum absolute atomic E-state index is 12.9. The highest BCUT2D eigenvalue weighted by atomic mass is 16.6. The van der Waals surface area contributed by atoms with Gasteiger partial charge in [-0.3, -0.25) is 14.9 Å². The molecular formula is C25H29N3O8. The van der Waals surface area contributed by atoms with E-state index in [1.165, 1.54) is 49.7 Å². The van der Waals surface area contributed by atoms with Crippen LogP contribution in [0.2, 0.25) is 0 Å². The Morgan fingerprint density at radius 2 is 1.64 bits per heavy atom. The van der Waals surface area contributed by atoms with Crippen LogP contribution in [0, 0.1) is 0 Å². The van der Waals surface area contributed by atoms with E-state index in [0.717, 1.165) is 0 Å². The van der Waals surface area contributed by atoms with Crippen LogP contribution in [0.25, 0.3) is 0 Å². The van der Waals surface area contributed by atoms with Gasteiger partial charge < -0.3 is 19.3 Å². The second-order valence-corrected chi connectivity index (χ2v) is 8.52. The lowest BCUT2D eigenvalue weighted by Crippen LogP contribution is -2.64. The van der Waals surface area contributed by atoms with Crippen molar-refractivity contribution >= 4 is 30.0 Å². The number of ketones is 1. The predicted molar refractivity (Wildman–Crippen MR) is 130 cm³/mol. The van der Waals surface area contributed by atoms with Gasteiger partial charge in [0.25, 0.3) is 5.91 Å². The summed E-state index contributed by atoms with van der Waals surface area (Å²) in [6.45, 7) is 5.09. The van der Waals surface area contributed by atoms with Crippen molar-refractivity contribution in [3.05, 3.63) is 65.7 Å². The first-order valence-corrected chi connectivity index (χ1v) is 10.9. The minimum atomic E-state index is -2.67. The first kappa shape index (κ1) is 28.0. The van der Waals surface area contributed by atoms with E-state index in [-0.39, 0.29) is 24.3 Å². The molecule has 0 aromatic heterocycles. The Balaban J connectivity index is 2.20. The van der Waals surface area contributed by atoms with Crippen molar-refractivity contribution in [1.29, 1.82) is 0 Å². The van der Waals surface area contributed by atoms with E-state index in [1.54, 1.807) is 39.0 Å². The summed E-state index contributed by atoms with van der Waals surface area (Å²) in [5.41, 5.74) is -0.528. The molecule has 11 heteroatoms. The highest BCUT2D eigenvalue weighted by Crippen LogP contribution is 2.20. The average molecular weight is 500 g/mol. The molecule has 0 saturated heterocycles. The Bertz CT molecular complexity index is 1090. The van der Waals surface area contributed by atoms with Crippen LogP contribution in [0.4, 0.5) is 4.79 Å². The number of carboxylic acid groups (broad SMARTS) is 1. The van der Waals surface area contributed by atoms with Gasteiger partial charge in [0.2, 0.25) is 5.78 Å². The number of rotatable bonds is 11. The first-order valence-electron chi connectivity index (χ1n) is 10.9. The van der Waals surface area contributed by atoms with Gasteiger partial charge in [-0.15, -0.1) is 0 Å². The molecule has 2 rings (SSSR count). The number of ether oxygens (including phenoxy) is 3. The van der Waals surface area contributed by atoms with Crippen molar-refractivity contribution in [1.82, 2.24) is 10.7 Å². The molecule has 0 radical (unpaired) electrons. The summed E-state index contributed by atoms with van der Waals surface area (Å²) in [4.78, 5) is 49.7. The fraction of sp³-hybridized carbons (Fsp3) is 0.320. The summed E-state index contributed by atoms with van der Waals surface area (Å²) in [5.74, 6) is -3.35. The van der Waals surface area contributed by atoms with Gasteiger partial charge >= 0.3 is 17.8 Å². The zero-order chi connectivity index (χ0) is 26.8. The Kier molecular flexibility index (Phi) is 9.68. The Morgan fingerprint density at radius 3 is 2.19 bits per heavy atom. The number of carbonyl (C=O) groups is 4. The van der Waals surface area contributed by atoms with Gasteiger partial charge in [0.1, 0.15) is 11.4 Å². The van der Waals surface area contributed by atoms with Crippen LogP contribution < -0.4 is 15.5 Å². The second kappa shape index (κ2) is 12.5. The van der Waals surface area contributed by atoms with Gasteiger partial charge in [-0.2, -0.15) is 5.10 Å². The standard InChI is InChI=1S/C25H29N3O8/c1-24(2,3)36-23(33)28-26-16-17-10-12-18(13-11-17)21(30)27-25(22(31)32,20(29)14-15-34-4)35-19-8-6-5-7-9-19/h5-13,16H,14-15H2,1-4H3,(H,27,30)(H,28,33)(H,31,32). The molecule has 3 N–H and O–H groups in total. The fourth-order valence-electron chi connectivity index (χ4n) is 2.82. The summed E-state index contributed by atoms with van der Waals surface area (Å²) in [5, 5.41) is 16.0. The molecular weight excluding hydrogens is 470 g/mol. The SMILES string of the molecule is COCCC(=O)C(NC(=O)c1ccc(C=NNC(=O)OC(C)(C)C)cc1)(Oc1ccccc1)C(=O)O. The topological polar surface area (TPSA) is 153 Å². The third-order valence-corrected chi connectivity index (χ3v) is 4.47. The molecule has 192 valence electrons. The molecule has 1 unspecified atom stereocenters. The van der Waals surface area contributed by atoms with E-state index in [1.807, 2.05) is 0 Å². The lowest BCUT2D eigenvalue weighted by atomic mass is 10.0. The molecule has 0 spiro atoms. The van der Waals surface area contributed by atoms with Crippen molar-refractivity contribution in [3.63, 3.8) is 0 Å². The van der Waals surface area contributed by atoms with Gasteiger partial charge in [0.15, 0.2) is 0 Å². The number of hydrogen-bond donors (Lipinski definition) is 3. The number of methoxy groups -OCH3 is 1. The lowest BCUT2D eigenvalue weighted by molar-refractivity contribution is -0.164. The number of carboxylic acids is 1. The van der Waals surface area contributed by atoms with Crippen LogP contribution in [-0.2, 0) is 19.1 Å². The molecule has 2 aromatic rings. The maximum atomic E-state index is 12.9. The van der Waals surface area contributed by atoms with Crippen LogP contribution in [0.15, 0.2) is 59.7 Å². The second-order valence-electron chi connectivity index (χ2n) is 8.52. The van der Waals surface area contributed by atoms with Crippen LogP contribution in [0.5, 0.6) is 5.75 Å². The highest BCUT2D eigenvalue weighted by Gasteiger charge is 2.50. The van der Waals surface area contributed by atoms with Crippen molar-refractivity contribution < 1.29 is 38.5 Å². The average Bonchev–Trinajstić information content (AvgIpc) is 2.81. The van der Waals surface area contributed by atoms with Crippen molar-refractivity contribution in [2.75, 3.05) is 13.7 Å². The maximum Gasteiger partial charge on any atom is 0.428 e. The van der Waals surface area contributed by atoms with Crippen molar-refractivity contribution in [2.45, 2.75) is 38.5 Å². The van der Waals surface area contributed by atoms with E-state index in [0.29, 0.717) is 5.56 Å². The van der Waals surface area contributed by atoms with E-state index in [4.69, 9.17) is 14.2 Å². The van der Waals surface area contributed by atoms with Crippen molar-refractivity contribution in [3.8, 4) is 5.75 Å². The largest absolute Gasteiger partial charge is 0.476 e. The molecule has 36 heavy (non-hydrogen) atoms. The van der Waals surface area contributed by atoms with Crippen LogP contribution in [0.1, 0.15) is 43.1 Å². The van der Waals surface area contributed by atoms with Gasteiger partial charge in [0.05, 0.1) is 12.8 Å². The monoisotopic (exact) mass is 499 g/mol. The van der Waals surface area contributed by atoms with Crippen molar-refractivity contribution in [2.24, 2.45) is 5.10 Å². The minimum Gasteiger partial charge on any atom is -0.476 e. The first-order chi connectivity index (χ1) is 17.0. The zero-order valence-corrected chi connectivity index (χ0v) is 20.4. The lowest BCUT2D eigenvalue weighted by Gasteiger charge is -2.29. The number of para-hydroxylation sites is 1. The molecule has 0 aliphatic carbocycles. The van der Waals surface area contributed by atoms with E-state index in [2.05, 4.69) is 15.8 Å². The number of aliphatic carboxylic acids is 1. The quantitative estimate of drug-likeness (QED) is 0.185. The molecule has 0 heterocycles. The summed E-state index contributed by atoms with van der Waals surface area (Å²) in [6, 6.07) is 13.7. The number of Topliss-reactive ketones (excluding diaryl/α,β-unsaturated/α-hetero) is 1. The fourth-order valence-corrected chi connectivity index (χ4v) is 2.82. The number of carbonyl (C=O) groups excluding carboxylic acids is 3. The number of nitrogens with one attached hydrogen (secondary N) is 2. The van der Waals surface area contributed by atoms with Gasteiger partial charge in [0, 0.05) is 19.1 Å². The molecule has 11 nitrogen and oxygen atoms in total. The number of hydrazone groups is 1. The summed E-state index contributed by atoms with van der Waals surface area (Å²) in [7, 11) is 1.36. The van der Waals surface area contributed by atoms with E-state index in [9.17, 15) is 24.3 Å². The smallest absolute Gasteiger partial charge is 0.428 e. The van der Waals surface area contributed by atoms with Gasteiger partial charge in [-0.25, -0.2) is 15.0 Å².